The number of halogens is 2. The molecule has 0 spiro atoms. The summed E-state index contributed by atoms with van der Waals surface area (Å²) in [6.07, 6.45) is 0. The average Bonchev–Trinajstić information content (AvgIpc) is 2.52. The highest BCUT2D eigenvalue weighted by Gasteiger charge is 2.16. The van der Waals surface area contributed by atoms with Crippen LogP contribution in [0.5, 0.6) is 5.75 Å². The molecule has 1 amide bonds. The van der Waals surface area contributed by atoms with E-state index in [1.54, 1.807) is 13.0 Å². The van der Waals surface area contributed by atoms with E-state index in [9.17, 15) is 13.6 Å². The number of ether oxygens (including phenoxy) is 1. The molecule has 0 aliphatic heterocycles. The van der Waals surface area contributed by atoms with E-state index in [1.807, 2.05) is 26.0 Å². The Morgan fingerprint density at radius 1 is 1.04 bits per heavy atom. The molecule has 3 nitrogen and oxygen atoms in total. The molecule has 0 atom stereocenters. The molecule has 0 aliphatic rings. The third-order valence-electron chi connectivity index (χ3n) is 3.67. The summed E-state index contributed by atoms with van der Waals surface area (Å²) < 4.78 is 31.8. The lowest BCUT2D eigenvalue weighted by molar-refractivity contribution is -0.120. The number of hydrogen-bond donors (Lipinski definition) is 0. The maximum atomic E-state index is 13.3. The van der Waals surface area contributed by atoms with Crippen molar-refractivity contribution in [2.24, 2.45) is 0 Å². The Labute approximate surface area is 134 Å². The summed E-state index contributed by atoms with van der Waals surface area (Å²) in [7, 11) is 0. The van der Waals surface area contributed by atoms with Crippen LogP contribution in [-0.2, 0) is 4.79 Å². The first-order chi connectivity index (χ1) is 10.9. The first-order valence-corrected chi connectivity index (χ1v) is 7.38. The Morgan fingerprint density at radius 2 is 1.78 bits per heavy atom. The molecule has 0 N–H and O–H groups in total. The molecule has 0 radical (unpaired) electrons. The number of carbonyl (C=O) groups excluding carboxylic acids is 1. The molecule has 0 unspecified atom stereocenters. The van der Waals surface area contributed by atoms with Crippen molar-refractivity contribution in [1.29, 1.82) is 0 Å². The van der Waals surface area contributed by atoms with Gasteiger partial charge in [0.05, 0.1) is 0 Å². The Morgan fingerprint density at radius 3 is 2.39 bits per heavy atom. The molecule has 2 rings (SSSR count). The normalized spacial score (nSPS) is 10.5. The highest BCUT2D eigenvalue weighted by Crippen LogP contribution is 2.19. The van der Waals surface area contributed by atoms with Gasteiger partial charge in [-0.3, -0.25) is 4.79 Å². The maximum absolute atomic E-state index is 13.3. The van der Waals surface area contributed by atoms with Crippen molar-refractivity contribution in [1.82, 2.24) is 0 Å². The zero-order valence-corrected chi connectivity index (χ0v) is 13.4. The minimum Gasteiger partial charge on any atom is -0.484 e. The number of amides is 1. The zero-order chi connectivity index (χ0) is 17.0. The van der Waals surface area contributed by atoms with Gasteiger partial charge in [-0.05, 0) is 56.2 Å². The molecule has 0 saturated carbocycles. The number of hydrogen-bond acceptors (Lipinski definition) is 2. The number of carbonyl (C=O) groups is 1. The van der Waals surface area contributed by atoms with Crippen molar-refractivity contribution >= 4 is 11.6 Å². The van der Waals surface area contributed by atoms with E-state index in [1.165, 1.54) is 11.0 Å². The first-order valence-electron chi connectivity index (χ1n) is 7.38. The highest BCUT2D eigenvalue weighted by atomic mass is 19.2. The summed E-state index contributed by atoms with van der Waals surface area (Å²) in [6, 6.07) is 8.95. The number of anilines is 1. The van der Waals surface area contributed by atoms with Crippen molar-refractivity contribution in [3.8, 4) is 5.75 Å². The quantitative estimate of drug-likeness (QED) is 0.833. The second-order valence-electron chi connectivity index (χ2n) is 5.27. The summed E-state index contributed by atoms with van der Waals surface area (Å²) in [4.78, 5) is 13.6. The molecule has 2 aromatic rings. The summed E-state index contributed by atoms with van der Waals surface area (Å²) in [5.74, 6) is -1.65. The fraction of sp³-hybridized carbons (Fsp3) is 0.278. The topological polar surface area (TPSA) is 29.5 Å². The SMILES string of the molecule is CCN(C(=O)COc1ccc(C)c(C)c1)c1ccc(F)c(F)c1. The predicted octanol–water partition coefficient (Wildman–Crippen LogP) is 4.01. The molecule has 5 heteroatoms. The largest absolute Gasteiger partial charge is 0.484 e. The first kappa shape index (κ1) is 16.9. The average molecular weight is 319 g/mol. The Kier molecular flexibility index (Phi) is 5.32. The Balaban J connectivity index is 2.07. The lowest BCUT2D eigenvalue weighted by Gasteiger charge is -2.21. The Bertz CT molecular complexity index is 716. The monoisotopic (exact) mass is 319 g/mol. The summed E-state index contributed by atoms with van der Waals surface area (Å²) in [5, 5.41) is 0. The molecule has 0 aromatic heterocycles. The van der Waals surface area contributed by atoms with Crippen molar-refractivity contribution in [3.63, 3.8) is 0 Å². The van der Waals surface area contributed by atoms with E-state index in [0.717, 1.165) is 23.3 Å². The number of rotatable bonds is 5. The van der Waals surface area contributed by atoms with Crippen molar-refractivity contribution in [3.05, 3.63) is 59.2 Å². The standard InChI is InChI=1S/C18H19F2NO2/c1-4-21(14-6-8-16(19)17(20)10-14)18(22)11-23-15-7-5-12(2)13(3)9-15/h5-10H,4,11H2,1-3H3. The number of benzene rings is 2. The van der Waals surface area contributed by atoms with E-state index >= 15 is 0 Å². The van der Waals surface area contributed by atoms with Crippen LogP contribution in [0.4, 0.5) is 14.5 Å². The van der Waals surface area contributed by atoms with Crippen LogP contribution in [0.15, 0.2) is 36.4 Å². The second kappa shape index (κ2) is 7.22. The van der Waals surface area contributed by atoms with Gasteiger partial charge >= 0.3 is 0 Å². The van der Waals surface area contributed by atoms with E-state index in [2.05, 4.69) is 0 Å². The number of likely N-dealkylation sites (N-methyl/N-ethyl adjacent to an activating group) is 1. The highest BCUT2D eigenvalue weighted by molar-refractivity contribution is 5.94. The fourth-order valence-corrected chi connectivity index (χ4v) is 2.18. The molecule has 0 fully saturated rings. The van der Waals surface area contributed by atoms with Crippen LogP contribution in [0.2, 0.25) is 0 Å². The van der Waals surface area contributed by atoms with Crippen LogP contribution in [0.1, 0.15) is 18.1 Å². The fourth-order valence-electron chi connectivity index (χ4n) is 2.18. The molecule has 2 aromatic carbocycles. The van der Waals surface area contributed by atoms with Gasteiger partial charge in [0.1, 0.15) is 5.75 Å². The lowest BCUT2D eigenvalue weighted by atomic mass is 10.1. The zero-order valence-electron chi connectivity index (χ0n) is 13.4. The van der Waals surface area contributed by atoms with Gasteiger partial charge in [-0.1, -0.05) is 6.07 Å². The molecule has 0 heterocycles. The predicted molar refractivity (Wildman–Crippen MR) is 85.8 cm³/mol. The molecular formula is C18H19F2NO2. The van der Waals surface area contributed by atoms with E-state index in [0.29, 0.717) is 18.0 Å². The van der Waals surface area contributed by atoms with Crippen LogP contribution in [0, 0.1) is 25.5 Å². The maximum Gasteiger partial charge on any atom is 0.264 e. The Hall–Kier alpha value is -2.43. The van der Waals surface area contributed by atoms with Crippen molar-refractivity contribution in [2.45, 2.75) is 20.8 Å². The minimum absolute atomic E-state index is 0.171. The molecule has 23 heavy (non-hydrogen) atoms. The number of nitrogens with zero attached hydrogens (tertiary/aromatic N) is 1. The van der Waals surface area contributed by atoms with Crippen LogP contribution in [-0.4, -0.2) is 19.1 Å². The summed E-state index contributed by atoms with van der Waals surface area (Å²) in [5.41, 5.74) is 2.52. The van der Waals surface area contributed by atoms with Gasteiger partial charge in [0.25, 0.3) is 5.91 Å². The summed E-state index contributed by atoms with van der Waals surface area (Å²) >= 11 is 0. The molecule has 0 bridgehead atoms. The minimum atomic E-state index is -0.983. The lowest BCUT2D eigenvalue weighted by Crippen LogP contribution is -2.34. The van der Waals surface area contributed by atoms with Gasteiger partial charge in [-0.25, -0.2) is 8.78 Å². The van der Waals surface area contributed by atoms with Gasteiger partial charge < -0.3 is 9.64 Å². The molecule has 0 saturated heterocycles. The third-order valence-corrected chi connectivity index (χ3v) is 3.67. The second-order valence-corrected chi connectivity index (χ2v) is 5.27. The molecule has 0 aliphatic carbocycles. The van der Waals surface area contributed by atoms with E-state index in [4.69, 9.17) is 4.74 Å². The van der Waals surface area contributed by atoms with Gasteiger partial charge in [-0.15, -0.1) is 0 Å². The van der Waals surface area contributed by atoms with Crippen LogP contribution in [0.3, 0.4) is 0 Å². The van der Waals surface area contributed by atoms with Gasteiger partial charge in [0.15, 0.2) is 18.2 Å². The van der Waals surface area contributed by atoms with Crippen LogP contribution in [0.25, 0.3) is 0 Å². The molecular weight excluding hydrogens is 300 g/mol. The van der Waals surface area contributed by atoms with E-state index < -0.39 is 11.6 Å². The van der Waals surface area contributed by atoms with Crippen LogP contribution < -0.4 is 9.64 Å². The van der Waals surface area contributed by atoms with Crippen LogP contribution >= 0.6 is 0 Å². The van der Waals surface area contributed by atoms with Gasteiger partial charge in [0, 0.05) is 18.3 Å². The summed E-state index contributed by atoms with van der Waals surface area (Å²) in [6.45, 7) is 5.88. The smallest absolute Gasteiger partial charge is 0.264 e. The van der Waals surface area contributed by atoms with Crippen molar-refractivity contribution < 1.29 is 18.3 Å². The van der Waals surface area contributed by atoms with Gasteiger partial charge in [0.2, 0.25) is 0 Å². The van der Waals surface area contributed by atoms with Crippen molar-refractivity contribution in [2.75, 3.05) is 18.1 Å². The van der Waals surface area contributed by atoms with E-state index in [-0.39, 0.29) is 12.5 Å². The third kappa shape index (κ3) is 4.06. The van der Waals surface area contributed by atoms with Gasteiger partial charge in [-0.2, -0.15) is 0 Å². The number of aryl methyl sites for hydroxylation is 2. The molecule has 122 valence electrons.